The zero-order chi connectivity index (χ0) is 13.3. The van der Waals surface area contributed by atoms with E-state index in [1.807, 2.05) is 0 Å². The summed E-state index contributed by atoms with van der Waals surface area (Å²) in [5, 5.41) is 2.97. The molecule has 1 nitrogen and oxygen atoms in total. The fraction of sp³-hybridized carbons (Fsp3) is 0.538. The Morgan fingerprint density at radius 1 is 1.22 bits per heavy atom. The van der Waals surface area contributed by atoms with E-state index in [0.29, 0.717) is 0 Å². The van der Waals surface area contributed by atoms with E-state index in [2.05, 4.69) is 19.2 Å². The standard InChI is InChI=1S/C13H16F3NS/c1-13(2)5-8(6-18-7-13)17-10-4-3-9(14)11(15)12(10)16/h3-4,8,17H,5-7H2,1-2H3. The Balaban J connectivity index is 2.12. The molecule has 5 heteroatoms. The Bertz CT molecular complexity index is 448. The summed E-state index contributed by atoms with van der Waals surface area (Å²) in [6.45, 7) is 4.30. The lowest BCUT2D eigenvalue weighted by molar-refractivity contribution is 0.357. The van der Waals surface area contributed by atoms with Crippen molar-refractivity contribution in [3.8, 4) is 0 Å². The van der Waals surface area contributed by atoms with E-state index < -0.39 is 17.5 Å². The van der Waals surface area contributed by atoms with Gasteiger partial charge in [0.15, 0.2) is 17.5 Å². The van der Waals surface area contributed by atoms with Crippen LogP contribution in [0.4, 0.5) is 18.9 Å². The number of hydrogen-bond acceptors (Lipinski definition) is 2. The minimum absolute atomic E-state index is 0.0391. The molecular weight excluding hydrogens is 259 g/mol. The molecule has 1 heterocycles. The molecule has 18 heavy (non-hydrogen) atoms. The maximum absolute atomic E-state index is 13.5. The summed E-state index contributed by atoms with van der Waals surface area (Å²) in [6, 6.07) is 2.28. The highest BCUT2D eigenvalue weighted by Gasteiger charge is 2.29. The second kappa shape index (κ2) is 5.03. The molecule has 1 aliphatic heterocycles. The molecule has 1 saturated heterocycles. The second-order valence-electron chi connectivity index (χ2n) is 5.45. The zero-order valence-corrected chi connectivity index (χ0v) is 11.2. The average molecular weight is 275 g/mol. The third kappa shape index (κ3) is 2.94. The smallest absolute Gasteiger partial charge is 0.196 e. The van der Waals surface area contributed by atoms with Gasteiger partial charge in [0.25, 0.3) is 0 Å². The molecule has 0 aliphatic carbocycles. The number of thioether (sulfide) groups is 1. The summed E-state index contributed by atoms with van der Waals surface area (Å²) in [5.74, 6) is -1.80. The third-order valence-electron chi connectivity index (χ3n) is 3.01. The summed E-state index contributed by atoms with van der Waals surface area (Å²) in [7, 11) is 0. The Labute approximate surface area is 109 Å². The number of nitrogens with one attached hydrogen (secondary N) is 1. The van der Waals surface area contributed by atoms with Crippen LogP contribution in [0.2, 0.25) is 0 Å². The van der Waals surface area contributed by atoms with Crippen LogP contribution in [0.3, 0.4) is 0 Å². The molecule has 1 unspecified atom stereocenters. The molecule has 2 rings (SSSR count). The van der Waals surface area contributed by atoms with E-state index in [1.165, 1.54) is 6.07 Å². The highest BCUT2D eigenvalue weighted by molar-refractivity contribution is 7.99. The highest BCUT2D eigenvalue weighted by atomic mass is 32.2. The van der Waals surface area contributed by atoms with Crippen LogP contribution < -0.4 is 5.32 Å². The van der Waals surface area contributed by atoms with Crippen LogP contribution in [-0.4, -0.2) is 17.5 Å². The maximum atomic E-state index is 13.5. The lowest BCUT2D eigenvalue weighted by atomic mass is 9.88. The van der Waals surface area contributed by atoms with Gasteiger partial charge < -0.3 is 5.32 Å². The van der Waals surface area contributed by atoms with Gasteiger partial charge in [-0.1, -0.05) is 13.8 Å². The molecule has 1 N–H and O–H groups in total. The Kier molecular flexibility index (Phi) is 3.80. The summed E-state index contributed by atoms with van der Waals surface area (Å²) in [4.78, 5) is 0. The van der Waals surface area contributed by atoms with Crippen molar-refractivity contribution in [3.05, 3.63) is 29.6 Å². The van der Waals surface area contributed by atoms with Crippen molar-refractivity contribution in [2.45, 2.75) is 26.3 Å². The molecule has 0 bridgehead atoms. The molecular formula is C13H16F3NS. The van der Waals surface area contributed by atoms with Crippen molar-refractivity contribution in [1.82, 2.24) is 0 Å². The molecule has 0 saturated carbocycles. The predicted octanol–water partition coefficient (Wildman–Crippen LogP) is 4.05. The van der Waals surface area contributed by atoms with Crippen molar-refractivity contribution in [1.29, 1.82) is 0 Å². The SMILES string of the molecule is CC1(C)CSCC(Nc2ccc(F)c(F)c2F)C1. The second-order valence-corrected chi connectivity index (χ2v) is 6.48. The van der Waals surface area contributed by atoms with E-state index in [-0.39, 0.29) is 17.1 Å². The molecule has 1 fully saturated rings. The molecule has 1 aromatic rings. The van der Waals surface area contributed by atoms with Gasteiger partial charge in [-0.05, 0) is 29.7 Å². The van der Waals surface area contributed by atoms with Crippen LogP contribution in [-0.2, 0) is 0 Å². The van der Waals surface area contributed by atoms with Crippen LogP contribution in [0, 0.1) is 22.9 Å². The summed E-state index contributed by atoms with van der Waals surface area (Å²) in [6.07, 6.45) is 0.887. The van der Waals surface area contributed by atoms with Crippen molar-refractivity contribution in [2.75, 3.05) is 16.8 Å². The minimum Gasteiger partial charge on any atom is -0.379 e. The van der Waals surface area contributed by atoms with Gasteiger partial charge >= 0.3 is 0 Å². The van der Waals surface area contributed by atoms with Crippen LogP contribution in [0.25, 0.3) is 0 Å². The molecule has 1 aromatic carbocycles. The van der Waals surface area contributed by atoms with Gasteiger partial charge in [-0.2, -0.15) is 11.8 Å². The molecule has 0 aromatic heterocycles. The summed E-state index contributed by atoms with van der Waals surface area (Å²) < 4.78 is 39.4. The Morgan fingerprint density at radius 3 is 2.61 bits per heavy atom. The van der Waals surface area contributed by atoms with Crippen molar-refractivity contribution in [3.63, 3.8) is 0 Å². The van der Waals surface area contributed by atoms with Crippen LogP contribution >= 0.6 is 11.8 Å². The normalized spacial score (nSPS) is 22.8. The monoisotopic (exact) mass is 275 g/mol. The summed E-state index contributed by atoms with van der Waals surface area (Å²) in [5.41, 5.74) is 0.215. The first-order valence-corrected chi connectivity index (χ1v) is 7.02. The number of halogens is 3. The summed E-state index contributed by atoms with van der Waals surface area (Å²) >= 11 is 1.79. The lowest BCUT2D eigenvalue weighted by Gasteiger charge is -2.35. The fourth-order valence-corrected chi connectivity index (χ4v) is 3.49. The molecule has 0 spiro atoms. The van der Waals surface area contributed by atoms with Gasteiger partial charge in [0, 0.05) is 11.8 Å². The van der Waals surface area contributed by atoms with Crippen molar-refractivity contribution < 1.29 is 13.2 Å². The molecule has 100 valence electrons. The number of hydrogen-bond donors (Lipinski definition) is 1. The zero-order valence-electron chi connectivity index (χ0n) is 10.4. The van der Waals surface area contributed by atoms with Crippen LogP contribution in [0.5, 0.6) is 0 Å². The van der Waals surface area contributed by atoms with Gasteiger partial charge in [-0.25, -0.2) is 13.2 Å². The van der Waals surface area contributed by atoms with Gasteiger partial charge in [0.2, 0.25) is 0 Å². The van der Waals surface area contributed by atoms with Gasteiger partial charge in [0.05, 0.1) is 5.69 Å². The maximum Gasteiger partial charge on any atom is 0.196 e. The minimum atomic E-state index is -1.41. The van der Waals surface area contributed by atoms with Crippen molar-refractivity contribution in [2.24, 2.45) is 5.41 Å². The first-order chi connectivity index (χ1) is 8.39. The number of benzene rings is 1. The third-order valence-corrected chi connectivity index (χ3v) is 4.63. The first-order valence-electron chi connectivity index (χ1n) is 5.87. The molecule has 0 radical (unpaired) electrons. The number of rotatable bonds is 2. The molecule has 0 amide bonds. The Morgan fingerprint density at radius 2 is 1.94 bits per heavy atom. The van der Waals surface area contributed by atoms with Gasteiger partial charge in [-0.3, -0.25) is 0 Å². The first kappa shape index (κ1) is 13.6. The van der Waals surface area contributed by atoms with E-state index >= 15 is 0 Å². The fourth-order valence-electron chi connectivity index (χ4n) is 2.21. The van der Waals surface area contributed by atoms with E-state index in [4.69, 9.17) is 0 Å². The van der Waals surface area contributed by atoms with E-state index in [9.17, 15) is 13.2 Å². The Hall–Kier alpha value is -0.840. The van der Waals surface area contributed by atoms with Crippen LogP contribution in [0.1, 0.15) is 20.3 Å². The largest absolute Gasteiger partial charge is 0.379 e. The molecule has 1 atom stereocenters. The topological polar surface area (TPSA) is 12.0 Å². The predicted molar refractivity (Wildman–Crippen MR) is 69.4 cm³/mol. The van der Waals surface area contributed by atoms with E-state index in [1.54, 1.807) is 11.8 Å². The van der Waals surface area contributed by atoms with Gasteiger partial charge in [0.1, 0.15) is 0 Å². The average Bonchev–Trinajstić information content (AvgIpc) is 2.29. The quantitative estimate of drug-likeness (QED) is 0.817. The lowest BCUT2D eigenvalue weighted by Crippen LogP contribution is -2.35. The van der Waals surface area contributed by atoms with E-state index in [0.717, 1.165) is 24.0 Å². The number of anilines is 1. The van der Waals surface area contributed by atoms with Gasteiger partial charge in [-0.15, -0.1) is 0 Å². The molecule has 1 aliphatic rings. The van der Waals surface area contributed by atoms with Crippen LogP contribution in [0.15, 0.2) is 12.1 Å². The van der Waals surface area contributed by atoms with Crippen molar-refractivity contribution >= 4 is 17.4 Å². The highest BCUT2D eigenvalue weighted by Crippen LogP contribution is 2.35.